The number of aliphatic hydroxyl groups is 1. The summed E-state index contributed by atoms with van der Waals surface area (Å²) in [7, 11) is 0. The van der Waals surface area contributed by atoms with Gasteiger partial charge in [-0.1, -0.05) is 41.0 Å². The number of hydrogen-bond donors (Lipinski definition) is 1. The van der Waals surface area contributed by atoms with Gasteiger partial charge in [0.05, 0.1) is 0 Å². The average molecular weight is 172 g/mol. The van der Waals surface area contributed by atoms with Crippen LogP contribution in [0.1, 0.15) is 47.5 Å². The van der Waals surface area contributed by atoms with E-state index in [1.165, 1.54) is 6.42 Å². The summed E-state index contributed by atoms with van der Waals surface area (Å²) in [6.07, 6.45) is 2.36. The standard InChI is InChI=1S/C11H24O/c1-6-9(2)7-10(8-12)11(3,4)5/h9-10,12H,6-8H2,1-5H3. The zero-order valence-electron chi connectivity index (χ0n) is 9.22. The van der Waals surface area contributed by atoms with Gasteiger partial charge in [-0.25, -0.2) is 0 Å². The van der Waals surface area contributed by atoms with Gasteiger partial charge in [0, 0.05) is 6.61 Å². The molecule has 0 rings (SSSR count). The molecule has 0 aliphatic carbocycles. The summed E-state index contributed by atoms with van der Waals surface area (Å²) in [5, 5.41) is 9.21. The van der Waals surface area contributed by atoms with E-state index in [0.717, 1.165) is 12.3 Å². The van der Waals surface area contributed by atoms with Crippen molar-refractivity contribution in [2.75, 3.05) is 6.61 Å². The number of rotatable bonds is 4. The molecular weight excluding hydrogens is 148 g/mol. The summed E-state index contributed by atoms with van der Waals surface area (Å²) >= 11 is 0. The van der Waals surface area contributed by atoms with E-state index in [2.05, 4.69) is 34.6 Å². The Hall–Kier alpha value is -0.0400. The van der Waals surface area contributed by atoms with Crippen molar-refractivity contribution in [1.29, 1.82) is 0 Å². The lowest BCUT2D eigenvalue weighted by atomic mass is 9.76. The van der Waals surface area contributed by atoms with Gasteiger partial charge in [0.1, 0.15) is 0 Å². The fourth-order valence-electron chi connectivity index (χ4n) is 1.35. The van der Waals surface area contributed by atoms with Crippen molar-refractivity contribution in [1.82, 2.24) is 0 Å². The van der Waals surface area contributed by atoms with E-state index in [1.54, 1.807) is 0 Å². The predicted molar refractivity (Wildman–Crippen MR) is 54.1 cm³/mol. The Bertz CT molecular complexity index is 113. The van der Waals surface area contributed by atoms with Crippen LogP contribution >= 0.6 is 0 Å². The lowest BCUT2D eigenvalue weighted by Gasteiger charge is -2.31. The summed E-state index contributed by atoms with van der Waals surface area (Å²) < 4.78 is 0. The Morgan fingerprint density at radius 3 is 2.00 bits per heavy atom. The van der Waals surface area contributed by atoms with Gasteiger partial charge in [0.15, 0.2) is 0 Å². The van der Waals surface area contributed by atoms with E-state index in [-0.39, 0.29) is 5.41 Å². The quantitative estimate of drug-likeness (QED) is 0.691. The van der Waals surface area contributed by atoms with Crippen molar-refractivity contribution >= 4 is 0 Å². The molecule has 0 saturated heterocycles. The molecule has 1 N–H and O–H groups in total. The molecule has 0 fully saturated rings. The molecule has 0 heterocycles. The summed E-state index contributed by atoms with van der Waals surface area (Å²) in [6.45, 7) is 11.4. The Morgan fingerprint density at radius 1 is 1.25 bits per heavy atom. The zero-order valence-corrected chi connectivity index (χ0v) is 9.22. The molecule has 0 aromatic rings. The monoisotopic (exact) mass is 172 g/mol. The largest absolute Gasteiger partial charge is 0.396 e. The molecule has 1 nitrogen and oxygen atoms in total. The second kappa shape index (κ2) is 4.86. The predicted octanol–water partition coefficient (Wildman–Crippen LogP) is 3.08. The van der Waals surface area contributed by atoms with Crippen LogP contribution in [0, 0.1) is 17.3 Å². The van der Waals surface area contributed by atoms with Crippen molar-refractivity contribution < 1.29 is 5.11 Å². The van der Waals surface area contributed by atoms with Gasteiger partial charge < -0.3 is 5.11 Å². The smallest absolute Gasteiger partial charge is 0.0464 e. The maximum Gasteiger partial charge on any atom is 0.0464 e. The highest BCUT2D eigenvalue weighted by Gasteiger charge is 2.24. The summed E-state index contributed by atoms with van der Waals surface area (Å²) in [6, 6.07) is 0. The van der Waals surface area contributed by atoms with Gasteiger partial charge >= 0.3 is 0 Å². The first kappa shape index (κ1) is 12.0. The molecular formula is C11H24O. The first-order valence-corrected chi connectivity index (χ1v) is 5.02. The Kier molecular flexibility index (Phi) is 4.84. The second-order valence-corrected chi connectivity index (χ2v) is 4.99. The third-order valence-electron chi connectivity index (χ3n) is 2.83. The minimum absolute atomic E-state index is 0.248. The maximum absolute atomic E-state index is 9.21. The SMILES string of the molecule is CCC(C)CC(CO)C(C)(C)C. The van der Waals surface area contributed by atoms with Crippen molar-refractivity contribution in [3.8, 4) is 0 Å². The average Bonchev–Trinajstić information content (AvgIpc) is 1.97. The molecule has 74 valence electrons. The van der Waals surface area contributed by atoms with Crippen molar-refractivity contribution in [2.24, 2.45) is 17.3 Å². The van der Waals surface area contributed by atoms with Crippen molar-refractivity contribution in [2.45, 2.75) is 47.5 Å². The van der Waals surface area contributed by atoms with E-state index in [0.29, 0.717) is 12.5 Å². The fourth-order valence-corrected chi connectivity index (χ4v) is 1.35. The van der Waals surface area contributed by atoms with Crippen LogP contribution in [0.5, 0.6) is 0 Å². The minimum Gasteiger partial charge on any atom is -0.396 e. The first-order chi connectivity index (χ1) is 5.41. The first-order valence-electron chi connectivity index (χ1n) is 5.02. The van der Waals surface area contributed by atoms with Gasteiger partial charge in [-0.3, -0.25) is 0 Å². The molecule has 1 heteroatoms. The molecule has 0 aliphatic heterocycles. The van der Waals surface area contributed by atoms with E-state index in [1.807, 2.05) is 0 Å². The lowest BCUT2D eigenvalue weighted by molar-refractivity contribution is 0.108. The summed E-state index contributed by atoms with van der Waals surface area (Å²) in [5.41, 5.74) is 0.248. The van der Waals surface area contributed by atoms with Gasteiger partial charge in [0.25, 0.3) is 0 Å². The van der Waals surface area contributed by atoms with Gasteiger partial charge in [-0.2, -0.15) is 0 Å². The van der Waals surface area contributed by atoms with Crippen LogP contribution in [0.4, 0.5) is 0 Å². The molecule has 0 spiro atoms. The fraction of sp³-hybridized carbons (Fsp3) is 1.00. The van der Waals surface area contributed by atoms with Crippen molar-refractivity contribution in [3.05, 3.63) is 0 Å². The van der Waals surface area contributed by atoms with Crippen LogP contribution in [-0.4, -0.2) is 11.7 Å². The number of hydrogen-bond acceptors (Lipinski definition) is 1. The van der Waals surface area contributed by atoms with Gasteiger partial charge in [0.2, 0.25) is 0 Å². The second-order valence-electron chi connectivity index (χ2n) is 4.99. The molecule has 0 amide bonds. The van der Waals surface area contributed by atoms with Crippen LogP contribution in [-0.2, 0) is 0 Å². The van der Waals surface area contributed by atoms with Gasteiger partial charge in [-0.15, -0.1) is 0 Å². The molecule has 0 aliphatic rings. The topological polar surface area (TPSA) is 20.2 Å². The van der Waals surface area contributed by atoms with Crippen LogP contribution in [0.15, 0.2) is 0 Å². The Balaban J connectivity index is 4.00. The molecule has 0 saturated carbocycles. The zero-order chi connectivity index (χ0) is 9.78. The highest BCUT2D eigenvalue weighted by Crippen LogP contribution is 2.31. The Labute approximate surface area is 77.2 Å². The third kappa shape index (κ3) is 4.10. The molecule has 0 radical (unpaired) electrons. The van der Waals surface area contributed by atoms with Crippen molar-refractivity contribution in [3.63, 3.8) is 0 Å². The van der Waals surface area contributed by atoms with E-state index >= 15 is 0 Å². The molecule has 0 aromatic heterocycles. The highest BCUT2D eigenvalue weighted by molar-refractivity contribution is 4.74. The molecule has 0 aromatic carbocycles. The minimum atomic E-state index is 0.248. The highest BCUT2D eigenvalue weighted by atomic mass is 16.3. The van der Waals surface area contributed by atoms with Crippen LogP contribution in [0.3, 0.4) is 0 Å². The molecule has 0 bridgehead atoms. The van der Waals surface area contributed by atoms with Crippen LogP contribution in [0.2, 0.25) is 0 Å². The Morgan fingerprint density at radius 2 is 1.75 bits per heavy atom. The third-order valence-corrected chi connectivity index (χ3v) is 2.83. The lowest BCUT2D eigenvalue weighted by Crippen LogP contribution is -2.25. The van der Waals surface area contributed by atoms with E-state index < -0.39 is 0 Å². The normalized spacial score (nSPS) is 17.5. The van der Waals surface area contributed by atoms with Gasteiger partial charge in [-0.05, 0) is 23.7 Å². The summed E-state index contributed by atoms with van der Waals surface area (Å²) in [5.74, 6) is 1.19. The maximum atomic E-state index is 9.21. The summed E-state index contributed by atoms with van der Waals surface area (Å²) in [4.78, 5) is 0. The molecule has 2 unspecified atom stereocenters. The van der Waals surface area contributed by atoms with Crippen LogP contribution < -0.4 is 0 Å². The number of aliphatic hydroxyl groups excluding tert-OH is 1. The van der Waals surface area contributed by atoms with Crippen LogP contribution in [0.25, 0.3) is 0 Å². The molecule has 2 atom stereocenters. The van der Waals surface area contributed by atoms with E-state index in [4.69, 9.17) is 0 Å². The molecule has 12 heavy (non-hydrogen) atoms. The van der Waals surface area contributed by atoms with E-state index in [9.17, 15) is 5.11 Å².